The first-order valence-corrected chi connectivity index (χ1v) is 5.01. The summed E-state index contributed by atoms with van der Waals surface area (Å²) in [6.45, 7) is 2.76. The number of hydrazine groups is 1. The van der Waals surface area contributed by atoms with Gasteiger partial charge < -0.3 is 5.11 Å². The highest BCUT2D eigenvalue weighted by Gasteiger charge is 2.32. The van der Waals surface area contributed by atoms with E-state index in [4.69, 9.17) is 5.84 Å². The molecule has 2 rings (SSSR count). The lowest BCUT2D eigenvalue weighted by molar-refractivity contribution is 0.0638. The molecule has 3 nitrogen and oxygen atoms in total. The molecule has 0 aromatic heterocycles. The van der Waals surface area contributed by atoms with Crippen LogP contribution in [0.3, 0.4) is 0 Å². The second kappa shape index (κ2) is 3.69. The Morgan fingerprint density at radius 1 is 1.50 bits per heavy atom. The lowest BCUT2D eigenvalue weighted by Crippen LogP contribution is -2.43. The smallest absolute Gasteiger partial charge is 0.0964 e. The topological polar surface area (TPSA) is 49.5 Å². The Kier molecular flexibility index (Phi) is 2.54. The molecule has 0 saturated carbocycles. The molecule has 3 heteroatoms. The molecule has 1 aliphatic carbocycles. The van der Waals surface area contributed by atoms with E-state index in [9.17, 15) is 5.11 Å². The largest absolute Gasteiger partial charge is 0.387 e. The number of hydrogen-bond donors (Lipinski definition) is 2. The Labute approximate surface area is 84.1 Å². The number of rotatable bonds is 2. The quantitative estimate of drug-likeness (QED) is 0.539. The molecule has 1 aromatic carbocycles. The zero-order chi connectivity index (χ0) is 10.1. The predicted molar refractivity (Wildman–Crippen MR) is 55.5 cm³/mol. The monoisotopic (exact) mass is 192 g/mol. The third kappa shape index (κ3) is 1.43. The number of fused-ring (bicyclic) bond motifs is 1. The van der Waals surface area contributed by atoms with Crippen LogP contribution in [0.4, 0.5) is 0 Å². The number of aliphatic hydroxyl groups excluding tert-OH is 1. The lowest BCUT2D eigenvalue weighted by Gasteiger charge is -2.24. The molecule has 0 spiro atoms. The first kappa shape index (κ1) is 9.65. The van der Waals surface area contributed by atoms with Crippen LogP contribution in [0, 0.1) is 0 Å². The van der Waals surface area contributed by atoms with E-state index < -0.39 is 6.10 Å². The molecule has 14 heavy (non-hydrogen) atoms. The normalized spacial score (nSPS) is 25.4. The van der Waals surface area contributed by atoms with Gasteiger partial charge in [-0.1, -0.05) is 31.2 Å². The van der Waals surface area contributed by atoms with E-state index in [2.05, 4.69) is 6.07 Å². The minimum Gasteiger partial charge on any atom is -0.387 e. The lowest BCUT2D eigenvalue weighted by atomic mass is 10.1. The van der Waals surface area contributed by atoms with Crippen molar-refractivity contribution in [3.05, 3.63) is 35.4 Å². The highest BCUT2D eigenvalue weighted by atomic mass is 16.3. The Balaban J connectivity index is 2.25. The summed E-state index contributed by atoms with van der Waals surface area (Å²) in [5.41, 5.74) is 2.25. The zero-order valence-corrected chi connectivity index (χ0v) is 8.35. The highest BCUT2D eigenvalue weighted by Crippen LogP contribution is 2.32. The van der Waals surface area contributed by atoms with Crippen molar-refractivity contribution in [2.45, 2.75) is 25.5 Å². The second-order valence-electron chi connectivity index (χ2n) is 3.75. The summed E-state index contributed by atoms with van der Waals surface area (Å²) in [6.07, 6.45) is 0.415. The summed E-state index contributed by atoms with van der Waals surface area (Å²) in [7, 11) is 0. The number of benzene rings is 1. The van der Waals surface area contributed by atoms with E-state index in [0.29, 0.717) is 0 Å². The van der Waals surface area contributed by atoms with Crippen LogP contribution >= 0.6 is 0 Å². The fraction of sp³-hybridized carbons (Fsp3) is 0.455. The molecule has 2 atom stereocenters. The molecule has 1 aliphatic rings. The SMILES string of the molecule is CCN(N)C1Cc2ccccc2C1O. The predicted octanol–water partition coefficient (Wildman–Crippen LogP) is 0.840. The number of likely N-dealkylation sites (N-methyl/N-ethyl adjacent to an activating group) is 1. The molecule has 76 valence electrons. The molecule has 0 amide bonds. The maximum Gasteiger partial charge on any atom is 0.0964 e. The third-order valence-corrected chi connectivity index (χ3v) is 2.96. The minimum absolute atomic E-state index is 0.0393. The van der Waals surface area contributed by atoms with E-state index in [-0.39, 0.29) is 6.04 Å². The van der Waals surface area contributed by atoms with E-state index in [1.54, 1.807) is 5.01 Å². The van der Waals surface area contributed by atoms with Crippen molar-refractivity contribution in [3.63, 3.8) is 0 Å². The van der Waals surface area contributed by atoms with E-state index in [1.165, 1.54) is 5.56 Å². The number of aliphatic hydroxyl groups is 1. The van der Waals surface area contributed by atoms with Gasteiger partial charge in [0, 0.05) is 6.54 Å². The number of hydrogen-bond acceptors (Lipinski definition) is 3. The molecule has 3 N–H and O–H groups in total. The summed E-state index contributed by atoms with van der Waals surface area (Å²) in [6, 6.07) is 8.03. The molecule has 0 radical (unpaired) electrons. The van der Waals surface area contributed by atoms with Crippen molar-refractivity contribution in [1.82, 2.24) is 5.01 Å². The van der Waals surface area contributed by atoms with Crippen LogP contribution in [0.2, 0.25) is 0 Å². The van der Waals surface area contributed by atoms with Gasteiger partial charge in [0.25, 0.3) is 0 Å². The standard InChI is InChI=1S/C11H16N2O/c1-2-13(12)10-7-8-5-3-4-6-9(8)11(10)14/h3-6,10-11,14H,2,7,12H2,1H3. The molecular formula is C11H16N2O. The Bertz CT molecular complexity index is 327. The van der Waals surface area contributed by atoms with Crippen molar-refractivity contribution in [1.29, 1.82) is 0 Å². The van der Waals surface area contributed by atoms with Crippen LogP contribution in [0.1, 0.15) is 24.2 Å². The molecular weight excluding hydrogens is 176 g/mol. The van der Waals surface area contributed by atoms with Gasteiger partial charge in [-0.05, 0) is 17.5 Å². The molecule has 1 aromatic rings. The third-order valence-electron chi connectivity index (χ3n) is 2.96. The van der Waals surface area contributed by atoms with Gasteiger partial charge in [-0.15, -0.1) is 0 Å². The van der Waals surface area contributed by atoms with E-state index in [0.717, 1.165) is 18.5 Å². The van der Waals surface area contributed by atoms with Crippen molar-refractivity contribution < 1.29 is 5.11 Å². The Hall–Kier alpha value is -0.900. The second-order valence-corrected chi connectivity index (χ2v) is 3.75. The van der Waals surface area contributed by atoms with Crippen LogP contribution < -0.4 is 5.84 Å². The molecule has 2 unspecified atom stereocenters. The van der Waals surface area contributed by atoms with Crippen molar-refractivity contribution >= 4 is 0 Å². The molecule has 0 fully saturated rings. The van der Waals surface area contributed by atoms with Crippen molar-refractivity contribution in [3.8, 4) is 0 Å². The fourth-order valence-corrected chi connectivity index (χ4v) is 2.09. The summed E-state index contributed by atoms with van der Waals surface area (Å²) in [5, 5.41) is 11.7. The van der Waals surface area contributed by atoms with Gasteiger partial charge in [0.05, 0.1) is 12.1 Å². The fourth-order valence-electron chi connectivity index (χ4n) is 2.09. The van der Waals surface area contributed by atoms with Gasteiger partial charge in [-0.3, -0.25) is 5.84 Å². The van der Waals surface area contributed by atoms with Gasteiger partial charge in [0.2, 0.25) is 0 Å². The Morgan fingerprint density at radius 2 is 2.21 bits per heavy atom. The highest BCUT2D eigenvalue weighted by molar-refractivity contribution is 5.35. The van der Waals surface area contributed by atoms with E-state index in [1.807, 2.05) is 25.1 Å². The first-order chi connectivity index (χ1) is 6.74. The van der Waals surface area contributed by atoms with Crippen LogP contribution in [-0.4, -0.2) is 22.7 Å². The molecule has 0 aliphatic heterocycles. The number of nitrogens with zero attached hydrogens (tertiary/aromatic N) is 1. The molecule has 0 bridgehead atoms. The summed E-state index contributed by atoms with van der Waals surface area (Å²) in [5.74, 6) is 5.82. The van der Waals surface area contributed by atoms with Crippen LogP contribution in [0.15, 0.2) is 24.3 Å². The van der Waals surface area contributed by atoms with Gasteiger partial charge >= 0.3 is 0 Å². The van der Waals surface area contributed by atoms with Crippen molar-refractivity contribution in [2.75, 3.05) is 6.54 Å². The average Bonchev–Trinajstić information content (AvgIpc) is 2.56. The summed E-state index contributed by atoms with van der Waals surface area (Å²) in [4.78, 5) is 0. The Morgan fingerprint density at radius 3 is 2.86 bits per heavy atom. The van der Waals surface area contributed by atoms with Gasteiger partial charge in [-0.2, -0.15) is 0 Å². The van der Waals surface area contributed by atoms with Crippen LogP contribution in [-0.2, 0) is 6.42 Å². The molecule has 0 heterocycles. The molecule has 0 saturated heterocycles. The van der Waals surface area contributed by atoms with Crippen LogP contribution in [0.25, 0.3) is 0 Å². The average molecular weight is 192 g/mol. The van der Waals surface area contributed by atoms with Gasteiger partial charge in [-0.25, -0.2) is 5.01 Å². The minimum atomic E-state index is -0.434. The van der Waals surface area contributed by atoms with E-state index >= 15 is 0 Å². The number of nitrogens with two attached hydrogens (primary N) is 1. The maximum atomic E-state index is 10.0. The van der Waals surface area contributed by atoms with Crippen molar-refractivity contribution in [2.24, 2.45) is 5.84 Å². The first-order valence-electron chi connectivity index (χ1n) is 5.01. The van der Waals surface area contributed by atoms with Gasteiger partial charge in [0.1, 0.15) is 0 Å². The summed E-state index contributed by atoms with van der Waals surface area (Å²) >= 11 is 0. The zero-order valence-electron chi connectivity index (χ0n) is 8.35. The summed E-state index contributed by atoms with van der Waals surface area (Å²) < 4.78 is 0. The van der Waals surface area contributed by atoms with Gasteiger partial charge in [0.15, 0.2) is 0 Å². The maximum absolute atomic E-state index is 10.0. The van der Waals surface area contributed by atoms with Crippen LogP contribution in [0.5, 0.6) is 0 Å².